The van der Waals surface area contributed by atoms with Crippen molar-refractivity contribution >= 4 is 5.69 Å². The normalized spacial score (nSPS) is 10.8. The van der Waals surface area contributed by atoms with E-state index in [9.17, 15) is 8.78 Å². The third-order valence-corrected chi connectivity index (χ3v) is 3.19. The van der Waals surface area contributed by atoms with Crippen molar-refractivity contribution in [3.8, 4) is 16.9 Å². The molecule has 0 spiro atoms. The lowest BCUT2D eigenvalue weighted by Gasteiger charge is -2.05. The zero-order chi connectivity index (χ0) is 15.0. The Morgan fingerprint density at radius 1 is 1.05 bits per heavy atom. The maximum atomic E-state index is 13.3. The smallest absolute Gasteiger partial charge is 0.159 e. The van der Waals surface area contributed by atoms with Crippen LogP contribution >= 0.6 is 0 Å². The molecule has 0 amide bonds. The van der Waals surface area contributed by atoms with Crippen LogP contribution in [0.2, 0.25) is 0 Å². The van der Waals surface area contributed by atoms with Crippen LogP contribution in [0.4, 0.5) is 14.5 Å². The zero-order valence-corrected chi connectivity index (χ0v) is 11.2. The number of nitrogens with two attached hydrogens (primary N) is 1. The predicted octanol–water partition coefficient (Wildman–Crippen LogP) is 3.10. The van der Waals surface area contributed by atoms with E-state index >= 15 is 0 Å². The highest BCUT2D eigenvalue weighted by molar-refractivity contribution is 5.59. The molecule has 0 radical (unpaired) electrons. The number of aromatic nitrogens is 3. The number of hydrogen-bond acceptors (Lipinski definition) is 3. The van der Waals surface area contributed by atoms with Crippen molar-refractivity contribution in [1.29, 1.82) is 0 Å². The lowest BCUT2D eigenvalue weighted by molar-refractivity contribution is 0.509. The maximum Gasteiger partial charge on any atom is 0.159 e. The largest absolute Gasteiger partial charge is 0.399 e. The van der Waals surface area contributed by atoms with E-state index in [-0.39, 0.29) is 0 Å². The predicted molar refractivity (Wildman–Crippen MR) is 75.9 cm³/mol. The van der Waals surface area contributed by atoms with Crippen LogP contribution in [0, 0.1) is 18.6 Å². The standard InChI is InChI=1S/C15H12F2N4/c1-9-2-4-11(18)7-15(9)21-8-14(19-20-21)10-3-5-12(16)13(17)6-10/h2-8H,18H2,1H3. The van der Waals surface area contributed by atoms with Crippen LogP contribution in [0.1, 0.15) is 5.56 Å². The van der Waals surface area contributed by atoms with E-state index in [2.05, 4.69) is 10.3 Å². The highest BCUT2D eigenvalue weighted by Crippen LogP contribution is 2.22. The molecule has 1 aromatic heterocycles. The summed E-state index contributed by atoms with van der Waals surface area (Å²) in [5, 5.41) is 8.00. The van der Waals surface area contributed by atoms with E-state index in [1.807, 2.05) is 13.0 Å². The van der Waals surface area contributed by atoms with Gasteiger partial charge in [-0.3, -0.25) is 0 Å². The Hall–Kier alpha value is -2.76. The molecule has 21 heavy (non-hydrogen) atoms. The van der Waals surface area contributed by atoms with Crippen molar-refractivity contribution in [2.45, 2.75) is 6.92 Å². The molecule has 3 rings (SSSR count). The molecule has 0 bridgehead atoms. The molecule has 0 aliphatic heterocycles. The summed E-state index contributed by atoms with van der Waals surface area (Å²) in [5.74, 6) is -1.81. The van der Waals surface area contributed by atoms with Crippen LogP contribution in [0.5, 0.6) is 0 Å². The molecule has 6 heteroatoms. The molecule has 1 heterocycles. The van der Waals surface area contributed by atoms with Gasteiger partial charge in [0.2, 0.25) is 0 Å². The van der Waals surface area contributed by atoms with E-state index in [0.717, 1.165) is 23.4 Å². The van der Waals surface area contributed by atoms with Gasteiger partial charge in [-0.2, -0.15) is 0 Å². The Morgan fingerprint density at radius 2 is 1.86 bits per heavy atom. The monoisotopic (exact) mass is 286 g/mol. The van der Waals surface area contributed by atoms with E-state index in [1.165, 1.54) is 6.07 Å². The molecule has 3 aromatic rings. The summed E-state index contributed by atoms with van der Waals surface area (Å²) >= 11 is 0. The van der Waals surface area contributed by atoms with E-state index in [4.69, 9.17) is 5.73 Å². The van der Waals surface area contributed by atoms with Crippen LogP contribution < -0.4 is 5.73 Å². The number of nitrogens with zero attached hydrogens (tertiary/aromatic N) is 3. The Bertz CT molecular complexity index is 811. The first-order valence-electron chi connectivity index (χ1n) is 6.29. The number of benzene rings is 2. The first kappa shape index (κ1) is 13.2. The van der Waals surface area contributed by atoms with Crippen LogP contribution in [-0.2, 0) is 0 Å². The van der Waals surface area contributed by atoms with Gasteiger partial charge < -0.3 is 5.73 Å². The average molecular weight is 286 g/mol. The quantitative estimate of drug-likeness (QED) is 0.736. The summed E-state index contributed by atoms with van der Waals surface area (Å²) in [6, 6.07) is 9.07. The number of hydrogen-bond donors (Lipinski definition) is 1. The second-order valence-electron chi connectivity index (χ2n) is 4.72. The van der Waals surface area contributed by atoms with Crippen molar-refractivity contribution in [3.05, 3.63) is 59.8 Å². The van der Waals surface area contributed by atoms with Gasteiger partial charge in [-0.15, -0.1) is 5.10 Å². The van der Waals surface area contributed by atoms with Gasteiger partial charge in [-0.1, -0.05) is 11.3 Å². The van der Waals surface area contributed by atoms with Crippen molar-refractivity contribution in [3.63, 3.8) is 0 Å². The molecule has 0 unspecified atom stereocenters. The fourth-order valence-electron chi connectivity index (χ4n) is 2.04. The summed E-state index contributed by atoms with van der Waals surface area (Å²) in [4.78, 5) is 0. The molecule has 4 nitrogen and oxygen atoms in total. The molecule has 0 saturated heterocycles. The molecule has 0 atom stereocenters. The number of aryl methyl sites for hydroxylation is 1. The minimum atomic E-state index is -0.915. The van der Waals surface area contributed by atoms with Crippen LogP contribution in [-0.4, -0.2) is 15.0 Å². The Balaban J connectivity index is 2.03. The van der Waals surface area contributed by atoms with Gasteiger partial charge in [-0.05, 0) is 42.8 Å². The van der Waals surface area contributed by atoms with E-state index < -0.39 is 11.6 Å². The lowest BCUT2D eigenvalue weighted by Crippen LogP contribution is -1.99. The molecule has 0 saturated carbocycles. The third kappa shape index (κ3) is 2.47. The van der Waals surface area contributed by atoms with Crippen molar-refractivity contribution in [2.75, 3.05) is 5.73 Å². The average Bonchev–Trinajstić information content (AvgIpc) is 2.94. The highest BCUT2D eigenvalue weighted by Gasteiger charge is 2.10. The summed E-state index contributed by atoms with van der Waals surface area (Å²) in [5.41, 5.74) is 9.06. The van der Waals surface area contributed by atoms with Crippen molar-refractivity contribution in [1.82, 2.24) is 15.0 Å². The topological polar surface area (TPSA) is 56.7 Å². The number of anilines is 1. The molecule has 0 fully saturated rings. The lowest BCUT2D eigenvalue weighted by atomic mass is 10.1. The molecule has 106 valence electrons. The Morgan fingerprint density at radius 3 is 2.62 bits per heavy atom. The molecular formula is C15H12F2N4. The SMILES string of the molecule is Cc1ccc(N)cc1-n1cc(-c2ccc(F)c(F)c2)nn1. The highest BCUT2D eigenvalue weighted by atomic mass is 19.2. The van der Waals surface area contributed by atoms with Gasteiger partial charge in [0.1, 0.15) is 5.69 Å². The summed E-state index contributed by atoms with van der Waals surface area (Å²) < 4.78 is 27.8. The summed E-state index contributed by atoms with van der Waals surface area (Å²) in [6.07, 6.45) is 1.65. The third-order valence-electron chi connectivity index (χ3n) is 3.19. The van der Waals surface area contributed by atoms with Gasteiger partial charge in [0.15, 0.2) is 11.6 Å². The van der Waals surface area contributed by atoms with Crippen molar-refractivity contribution < 1.29 is 8.78 Å². The molecule has 0 aliphatic rings. The minimum absolute atomic E-state index is 0.454. The molecular weight excluding hydrogens is 274 g/mol. The Kier molecular flexibility index (Phi) is 3.13. The van der Waals surface area contributed by atoms with Gasteiger partial charge in [0.05, 0.1) is 11.9 Å². The van der Waals surface area contributed by atoms with Crippen molar-refractivity contribution in [2.24, 2.45) is 0 Å². The maximum absolute atomic E-state index is 13.3. The number of rotatable bonds is 2. The van der Waals surface area contributed by atoms with Crippen LogP contribution in [0.15, 0.2) is 42.6 Å². The number of nitrogen functional groups attached to an aromatic ring is 1. The molecule has 2 aromatic carbocycles. The second-order valence-corrected chi connectivity index (χ2v) is 4.72. The minimum Gasteiger partial charge on any atom is -0.399 e. The fraction of sp³-hybridized carbons (Fsp3) is 0.0667. The fourth-order valence-corrected chi connectivity index (χ4v) is 2.04. The Labute approximate surface area is 119 Å². The second kappa shape index (κ2) is 4.97. The summed E-state index contributed by atoms with van der Waals surface area (Å²) in [7, 11) is 0. The summed E-state index contributed by atoms with van der Waals surface area (Å²) in [6.45, 7) is 1.92. The van der Waals surface area contributed by atoms with Gasteiger partial charge in [-0.25, -0.2) is 13.5 Å². The molecule has 2 N–H and O–H groups in total. The zero-order valence-electron chi connectivity index (χ0n) is 11.2. The van der Waals surface area contributed by atoms with E-state index in [1.54, 1.807) is 23.0 Å². The number of halogens is 2. The molecule has 0 aliphatic carbocycles. The van der Waals surface area contributed by atoms with Gasteiger partial charge in [0, 0.05) is 11.3 Å². The first-order valence-corrected chi connectivity index (χ1v) is 6.29. The van der Waals surface area contributed by atoms with Crippen LogP contribution in [0.3, 0.4) is 0 Å². The van der Waals surface area contributed by atoms with Gasteiger partial charge in [0.25, 0.3) is 0 Å². The van der Waals surface area contributed by atoms with E-state index in [0.29, 0.717) is 16.9 Å². The van der Waals surface area contributed by atoms with Gasteiger partial charge >= 0.3 is 0 Å². The first-order chi connectivity index (χ1) is 10.0. The van der Waals surface area contributed by atoms with Crippen LogP contribution in [0.25, 0.3) is 16.9 Å².